The number of hydrogen-bond donors (Lipinski definition) is 0. The first-order chi connectivity index (χ1) is 9.26. The molecule has 0 bridgehead atoms. The lowest BCUT2D eigenvalue weighted by atomic mass is 10.2. The molecule has 1 aliphatic heterocycles. The third kappa shape index (κ3) is 7.19. The minimum Gasteiger partial charge on any atom is -0.383 e. The van der Waals surface area contributed by atoms with Gasteiger partial charge in [-0.15, -0.1) is 5.11 Å². The van der Waals surface area contributed by atoms with E-state index in [2.05, 4.69) is 10.3 Å². The third-order valence-electron chi connectivity index (χ3n) is 2.68. The monoisotopic (exact) mass is 273 g/mol. The van der Waals surface area contributed by atoms with Gasteiger partial charge in [-0.3, -0.25) is 9.80 Å². The standard InChI is InChI=1S/C12H23N3O4/c1-3-11(16)4-6-18-8-9-19-12-10-15(14-13-12)5-7-17-2/h12H,3-10H2,1-2H3. The Kier molecular flexibility index (Phi) is 8.28. The molecule has 1 heterocycles. The number of hydrogen-bond acceptors (Lipinski definition) is 7. The Labute approximate surface area is 113 Å². The summed E-state index contributed by atoms with van der Waals surface area (Å²) in [6, 6.07) is 0. The molecule has 0 amide bonds. The van der Waals surface area contributed by atoms with Crippen LogP contribution in [-0.2, 0) is 19.0 Å². The molecule has 7 heteroatoms. The van der Waals surface area contributed by atoms with Crippen LogP contribution in [0.2, 0.25) is 0 Å². The van der Waals surface area contributed by atoms with Gasteiger partial charge in [0.1, 0.15) is 5.78 Å². The zero-order valence-corrected chi connectivity index (χ0v) is 11.7. The number of methoxy groups -OCH3 is 1. The minimum absolute atomic E-state index is 0.222. The summed E-state index contributed by atoms with van der Waals surface area (Å²) in [5.74, 6) is 0.222. The largest absolute Gasteiger partial charge is 0.383 e. The average Bonchev–Trinajstić information content (AvgIpc) is 2.87. The van der Waals surface area contributed by atoms with E-state index in [1.807, 2.05) is 11.9 Å². The van der Waals surface area contributed by atoms with Gasteiger partial charge in [0.2, 0.25) is 0 Å². The predicted octanol–water partition coefficient (Wildman–Crippen LogP) is 1.04. The van der Waals surface area contributed by atoms with Crippen LogP contribution in [-0.4, -0.2) is 63.6 Å². The summed E-state index contributed by atoms with van der Waals surface area (Å²) < 4.78 is 15.8. The van der Waals surface area contributed by atoms with Crippen molar-refractivity contribution >= 4 is 5.78 Å². The number of carbonyl (C=O) groups is 1. The first-order valence-electron chi connectivity index (χ1n) is 6.62. The van der Waals surface area contributed by atoms with E-state index >= 15 is 0 Å². The number of ether oxygens (including phenoxy) is 3. The van der Waals surface area contributed by atoms with Gasteiger partial charge in [-0.2, -0.15) is 0 Å². The van der Waals surface area contributed by atoms with Gasteiger partial charge in [-0.25, -0.2) is 0 Å². The number of rotatable bonds is 11. The summed E-state index contributed by atoms with van der Waals surface area (Å²) in [6.07, 6.45) is 0.821. The summed E-state index contributed by atoms with van der Waals surface area (Å²) in [5.41, 5.74) is 0. The van der Waals surface area contributed by atoms with E-state index in [-0.39, 0.29) is 12.0 Å². The Morgan fingerprint density at radius 3 is 2.89 bits per heavy atom. The minimum atomic E-state index is -0.224. The molecule has 0 spiro atoms. The molecule has 110 valence electrons. The van der Waals surface area contributed by atoms with Crippen LogP contribution in [0.25, 0.3) is 0 Å². The molecule has 0 aromatic rings. The quantitative estimate of drug-likeness (QED) is 0.526. The maximum absolute atomic E-state index is 11.0. The first-order valence-corrected chi connectivity index (χ1v) is 6.62. The molecule has 0 aliphatic carbocycles. The van der Waals surface area contributed by atoms with Crippen molar-refractivity contribution in [2.75, 3.05) is 46.6 Å². The van der Waals surface area contributed by atoms with Gasteiger partial charge in [0.25, 0.3) is 0 Å². The van der Waals surface area contributed by atoms with E-state index in [0.717, 1.165) is 6.54 Å². The number of carbonyl (C=O) groups excluding carboxylic acids is 1. The van der Waals surface area contributed by atoms with Crippen LogP contribution in [0.3, 0.4) is 0 Å². The lowest BCUT2D eigenvalue weighted by molar-refractivity contribution is -0.120. The van der Waals surface area contributed by atoms with E-state index in [0.29, 0.717) is 45.8 Å². The van der Waals surface area contributed by atoms with Crippen molar-refractivity contribution in [1.82, 2.24) is 5.01 Å². The second-order valence-corrected chi connectivity index (χ2v) is 4.19. The van der Waals surface area contributed by atoms with Gasteiger partial charge < -0.3 is 14.2 Å². The van der Waals surface area contributed by atoms with Crippen LogP contribution in [0, 0.1) is 0 Å². The summed E-state index contributed by atoms with van der Waals surface area (Å²) in [7, 11) is 1.65. The van der Waals surface area contributed by atoms with Gasteiger partial charge in [0, 0.05) is 20.0 Å². The van der Waals surface area contributed by atoms with Crippen molar-refractivity contribution in [3.05, 3.63) is 0 Å². The van der Waals surface area contributed by atoms with E-state index in [1.54, 1.807) is 7.11 Å². The molecule has 19 heavy (non-hydrogen) atoms. The molecule has 1 aliphatic rings. The molecule has 0 aromatic carbocycles. The summed E-state index contributed by atoms with van der Waals surface area (Å²) in [6.45, 7) is 5.24. The highest BCUT2D eigenvalue weighted by Gasteiger charge is 2.18. The number of Topliss-reactive ketones (excluding diaryl/α,β-unsaturated/α-hetero) is 1. The SMILES string of the molecule is CCC(=O)CCOCCOC1CN(CCOC)N=N1. The van der Waals surface area contributed by atoms with Crippen LogP contribution in [0.15, 0.2) is 10.3 Å². The van der Waals surface area contributed by atoms with Crippen molar-refractivity contribution in [1.29, 1.82) is 0 Å². The molecule has 0 saturated heterocycles. The van der Waals surface area contributed by atoms with Gasteiger partial charge >= 0.3 is 0 Å². The maximum Gasteiger partial charge on any atom is 0.189 e. The molecular formula is C12H23N3O4. The van der Waals surface area contributed by atoms with Gasteiger partial charge in [-0.1, -0.05) is 12.1 Å². The fourth-order valence-electron chi connectivity index (χ4n) is 1.51. The Morgan fingerprint density at radius 2 is 2.16 bits per heavy atom. The van der Waals surface area contributed by atoms with Crippen molar-refractivity contribution in [2.45, 2.75) is 26.0 Å². The second kappa shape index (κ2) is 9.82. The fourth-order valence-corrected chi connectivity index (χ4v) is 1.51. The van der Waals surface area contributed by atoms with Crippen LogP contribution in [0.1, 0.15) is 19.8 Å². The van der Waals surface area contributed by atoms with Crippen LogP contribution >= 0.6 is 0 Å². The molecule has 1 rings (SSSR count). The molecule has 7 nitrogen and oxygen atoms in total. The molecule has 0 radical (unpaired) electrons. The average molecular weight is 273 g/mol. The summed E-state index contributed by atoms with van der Waals surface area (Å²) in [5, 5.41) is 9.78. The topological polar surface area (TPSA) is 72.7 Å². The zero-order chi connectivity index (χ0) is 13.9. The summed E-state index contributed by atoms with van der Waals surface area (Å²) in [4.78, 5) is 11.0. The number of ketones is 1. The Hall–Kier alpha value is -1.05. The zero-order valence-electron chi connectivity index (χ0n) is 11.7. The summed E-state index contributed by atoms with van der Waals surface area (Å²) >= 11 is 0. The number of nitrogens with zero attached hydrogens (tertiary/aromatic N) is 3. The van der Waals surface area contributed by atoms with E-state index in [1.165, 1.54) is 0 Å². The smallest absolute Gasteiger partial charge is 0.189 e. The van der Waals surface area contributed by atoms with Gasteiger partial charge in [0.15, 0.2) is 6.23 Å². The molecule has 1 unspecified atom stereocenters. The first kappa shape index (κ1) is 16.0. The third-order valence-corrected chi connectivity index (χ3v) is 2.68. The van der Waals surface area contributed by atoms with Crippen molar-refractivity contribution in [3.63, 3.8) is 0 Å². The van der Waals surface area contributed by atoms with Crippen LogP contribution in [0.4, 0.5) is 0 Å². The highest BCUT2D eigenvalue weighted by molar-refractivity contribution is 5.78. The molecule has 0 saturated carbocycles. The van der Waals surface area contributed by atoms with Crippen molar-refractivity contribution in [2.24, 2.45) is 10.3 Å². The highest BCUT2D eigenvalue weighted by atomic mass is 16.5. The Morgan fingerprint density at radius 1 is 1.32 bits per heavy atom. The van der Waals surface area contributed by atoms with Crippen molar-refractivity contribution < 1.29 is 19.0 Å². The lowest BCUT2D eigenvalue weighted by Gasteiger charge is -2.13. The van der Waals surface area contributed by atoms with E-state index in [9.17, 15) is 4.79 Å². The molecule has 0 aromatic heterocycles. The Balaban J connectivity index is 1.94. The van der Waals surface area contributed by atoms with E-state index < -0.39 is 0 Å². The Bertz CT molecular complexity index is 286. The predicted molar refractivity (Wildman–Crippen MR) is 68.8 cm³/mol. The normalized spacial score (nSPS) is 18.2. The molecular weight excluding hydrogens is 250 g/mol. The van der Waals surface area contributed by atoms with Gasteiger partial charge in [0.05, 0.1) is 39.5 Å². The molecule has 0 N–H and O–H groups in total. The highest BCUT2D eigenvalue weighted by Crippen LogP contribution is 2.09. The van der Waals surface area contributed by atoms with E-state index in [4.69, 9.17) is 14.2 Å². The lowest BCUT2D eigenvalue weighted by Crippen LogP contribution is -2.26. The fraction of sp³-hybridized carbons (Fsp3) is 0.917. The van der Waals surface area contributed by atoms with Crippen LogP contribution in [0.5, 0.6) is 0 Å². The maximum atomic E-state index is 11.0. The van der Waals surface area contributed by atoms with Crippen molar-refractivity contribution in [3.8, 4) is 0 Å². The second-order valence-electron chi connectivity index (χ2n) is 4.19. The van der Waals surface area contributed by atoms with Gasteiger partial charge in [-0.05, 0) is 0 Å². The van der Waals surface area contributed by atoms with Crippen LogP contribution < -0.4 is 0 Å². The molecule has 0 fully saturated rings. The molecule has 1 atom stereocenters.